The first kappa shape index (κ1) is 21.2. The first-order chi connectivity index (χ1) is 15.0. The molecule has 6 nitrogen and oxygen atoms in total. The Kier molecular flexibility index (Phi) is 6.15. The monoisotopic (exact) mass is 457 g/mol. The number of hydrogen-bond acceptors (Lipinski definition) is 4. The van der Waals surface area contributed by atoms with Gasteiger partial charge in [-0.1, -0.05) is 66.9 Å². The third kappa shape index (κ3) is 4.52. The summed E-state index contributed by atoms with van der Waals surface area (Å²) in [7, 11) is 0. The highest BCUT2D eigenvalue weighted by Gasteiger charge is 2.18. The highest BCUT2D eigenvalue weighted by atomic mass is 35.5. The zero-order valence-corrected chi connectivity index (χ0v) is 18.1. The molecule has 0 saturated carbocycles. The standard InChI is InChI=1S/C22H18Cl2FN5O/c1-2-3-9-14-10-19(27-21(31)15-11-18(25)17(24)12-16(15)23)30-22(26-14)28-20(29-30)13-7-5-4-6-8-13/h4-8,10-12H,2-3,9H2,1H3,(H,27,31). The van der Waals surface area contributed by atoms with Gasteiger partial charge in [-0.2, -0.15) is 9.50 Å². The van der Waals surface area contributed by atoms with Gasteiger partial charge in [0.2, 0.25) is 0 Å². The smallest absolute Gasteiger partial charge is 0.258 e. The Bertz CT molecular complexity index is 1260. The van der Waals surface area contributed by atoms with E-state index in [4.69, 9.17) is 23.2 Å². The number of anilines is 1. The number of benzene rings is 2. The van der Waals surface area contributed by atoms with Crippen molar-refractivity contribution < 1.29 is 9.18 Å². The summed E-state index contributed by atoms with van der Waals surface area (Å²) in [5.74, 6) is -0.122. The van der Waals surface area contributed by atoms with Crippen LogP contribution in [0.2, 0.25) is 10.0 Å². The lowest BCUT2D eigenvalue weighted by Crippen LogP contribution is -2.16. The Hall–Kier alpha value is -3.03. The number of aryl methyl sites for hydroxylation is 1. The number of aromatic nitrogens is 4. The van der Waals surface area contributed by atoms with Gasteiger partial charge in [-0.15, -0.1) is 5.10 Å². The van der Waals surface area contributed by atoms with Gasteiger partial charge in [0.15, 0.2) is 5.82 Å². The molecule has 0 aliphatic rings. The number of carbonyl (C=O) groups is 1. The summed E-state index contributed by atoms with van der Waals surface area (Å²) in [4.78, 5) is 22.0. The number of amides is 1. The van der Waals surface area contributed by atoms with Gasteiger partial charge in [-0.3, -0.25) is 4.79 Å². The number of fused-ring (bicyclic) bond motifs is 1. The highest BCUT2D eigenvalue weighted by molar-refractivity contribution is 6.37. The molecule has 0 fully saturated rings. The van der Waals surface area contributed by atoms with Gasteiger partial charge in [0, 0.05) is 17.3 Å². The van der Waals surface area contributed by atoms with E-state index in [-0.39, 0.29) is 15.6 Å². The summed E-state index contributed by atoms with van der Waals surface area (Å²) in [5.41, 5.74) is 1.56. The van der Waals surface area contributed by atoms with Crippen LogP contribution in [0.5, 0.6) is 0 Å². The number of nitrogens with zero attached hydrogens (tertiary/aromatic N) is 4. The summed E-state index contributed by atoms with van der Waals surface area (Å²) in [6, 6.07) is 13.4. The van der Waals surface area contributed by atoms with Gasteiger partial charge < -0.3 is 5.32 Å². The van der Waals surface area contributed by atoms with Gasteiger partial charge in [0.05, 0.1) is 15.6 Å². The molecule has 2 heterocycles. The molecule has 0 unspecified atom stereocenters. The predicted octanol–water partition coefficient (Wildman–Crippen LogP) is 5.83. The maximum absolute atomic E-state index is 13.9. The molecule has 0 aliphatic heterocycles. The lowest BCUT2D eigenvalue weighted by molar-refractivity contribution is 0.102. The number of carbonyl (C=O) groups excluding carboxylic acids is 1. The van der Waals surface area contributed by atoms with Crippen molar-refractivity contribution in [3.05, 3.63) is 75.7 Å². The Morgan fingerprint density at radius 1 is 1.10 bits per heavy atom. The zero-order chi connectivity index (χ0) is 22.0. The average molecular weight is 458 g/mol. The molecule has 1 N–H and O–H groups in total. The van der Waals surface area contributed by atoms with Crippen LogP contribution in [0.3, 0.4) is 0 Å². The van der Waals surface area contributed by atoms with Crippen molar-refractivity contribution >= 4 is 40.7 Å². The predicted molar refractivity (Wildman–Crippen MR) is 119 cm³/mol. The summed E-state index contributed by atoms with van der Waals surface area (Å²) < 4.78 is 15.4. The summed E-state index contributed by atoms with van der Waals surface area (Å²) >= 11 is 11.8. The molecule has 9 heteroatoms. The number of unbranched alkanes of at least 4 members (excludes halogenated alkanes) is 1. The number of hydrogen-bond donors (Lipinski definition) is 1. The largest absolute Gasteiger partial charge is 0.306 e. The van der Waals surface area contributed by atoms with Crippen LogP contribution < -0.4 is 5.32 Å². The molecule has 4 rings (SSSR count). The molecule has 0 bridgehead atoms. The molecule has 0 saturated heterocycles. The fourth-order valence-corrected chi connectivity index (χ4v) is 3.55. The van der Waals surface area contributed by atoms with Crippen molar-refractivity contribution in [1.29, 1.82) is 0 Å². The second-order valence-corrected chi connectivity index (χ2v) is 7.76. The molecule has 31 heavy (non-hydrogen) atoms. The first-order valence-corrected chi connectivity index (χ1v) is 10.5. The number of halogens is 3. The zero-order valence-electron chi connectivity index (χ0n) is 16.6. The van der Waals surface area contributed by atoms with Crippen molar-refractivity contribution in [2.75, 3.05) is 5.32 Å². The molecule has 0 spiro atoms. The second kappa shape index (κ2) is 8.99. The maximum atomic E-state index is 13.9. The van der Waals surface area contributed by atoms with Gasteiger partial charge >= 0.3 is 0 Å². The van der Waals surface area contributed by atoms with Crippen LogP contribution in [0, 0.1) is 5.82 Å². The minimum absolute atomic E-state index is 0.0352. The molecular weight excluding hydrogens is 440 g/mol. The number of rotatable bonds is 6. The summed E-state index contributed by atoms with van der Waals surface area (Å²) in [5, 5.41) is 7.15. The van der Waals surface area contributed by atoms with E-state index in [0.717, 1.165) is 36.6 Å². The summed E-state index contributed by atoms with van der Waals surface area (Å²) in [6.07, 6.45) is 2.65. The molecule has 158 valence electrons. The lowest BCUT2D eigenvalue weighted by atomic mass is 10.2. The van der Waals surface area contributed by atoms with Crippen LogP contribution in [-0.2, 0) is 6.42 Å². The van der Waals surface area contributed by atoms with E-state index < -0.39 is 11.7 Å². The van der Waals surface area contributed by atoms with E-state index in [2.05, 4.69) is 27.3 Å². The van der Waals surface area contributed by atoms with E-state index in [0.29, 0.717) is 17.4 Å². The Morgan fingerprint density at radius 3 is 2.61 bits per heavy atom. The third-order valence-electron chi connectivity index (χ3n) is 4.68. The van der Waals surface area contributed by atoms with Gasteiger partial charge in [0.25, 0.3) is 11.7 Å². The van der Waals surface area contributed by atoms with Crippen molar-refractivity contribution in [3.63, 3.8) is 0 Å². The average Bonchev–Trinajstić information content (AvgIpc) is 3.20. The quantitative estimate of drug-likeness (QED) is 0.369. The number of nitrogens with one attached hydrogen (secondary N) is 1. The normalized spacial score (nSPS) is 11.1. The van der Waals surface area contributed by atoms with Crippen LogP contribution in [0.25, 0.3) is 17.2 Å². The first-order valence-electron chi connectivity index (χ1n) is 9.74. The molecule has 4 aromatic rings. The minimum Gasteiger partial charge on any atom is -0.306 e. The molecule has 0 atom stereocenters. The van der Waals surface area contributed by atoms with Crippen molar-refractivity contribution in [1.82, 2.24) is 19.6 Å². The van der Waals surface area contributed by atoms with Crippen LogP contribution in [-0.4, -0.2) is 25.5 Å². The fraction of sp³-hybridized carbons (Fsp3) is 0.182. The minimum atomic E-state index is -0.730. The topological polar surface area (TPSA) is 72.2 Å². The van der Waals surface area contributed by atoms with E-state index in [1.54, 1.807) is 6.07 Å². The molecular formula is C22H18Cl2FN5O. The van der Waals surface area contributed by atoms with Crippen molar-refractivity contribution in [2.24, 2.45) is 0 Å². The second-order valence-electron chi connectivity index (χ2n) is 6.95. The van der Waals surface area contributed by atoms with E-state index >= 15 is 0 Å². The SMILES string of the molecule is CCCCc1cc(NC(=O)c2cc(F)c(Cl)cc2Cl)n2nc(-c3ccccc3)nc2n1. The third-order valence-corrected chi connectivity index (χ3v) is 5.28. The van der Waals surface area contributed by atoms with Gasteiger partial charge in [-0.05, 0) is 25.0 Å². The van der Waals surface area contributed by atoms with Crippen LogP contribution in [0.1, 0.15) is 35.8 Å². The Balaban J connectivity index is 1.76. The van der Waals surface area contributed by atoms with E-state index in [1.807, 2.05) is 30.3 Å². The molecule has 1 amide bonds. The van der Waals surface area contributed by atoms with Gasteiger partial charge in [0.1, 0.15) is 11.6 Å². The maximum Gasteiger partial charge on any atom is 0.258 e. The van der Waals surface area contributed by atoms with E-state index in [9.17, 15) is 9.18 Å². The Morgan fingerprint density at radius 2 is 1.87 bits per heavy atom. The van der Waals surface area contributed by atoms with Crippen LogP contribution >= 0.6 is 23.2 Å². The fourth-order valence-electron chi connectivity index (χ4n) is 3.08. The summed E-state index contributed by atoms with van der Waals surface area (Å²) in [6.45, 7) is 2.09. The van der Waals surface area contributed by atoms with E-state index in [1.165, 1.54) is 10.6 Å². The Labute approximate surface area is 188 Å². The molecule has 2 aromatic heterocycles. The van der Waals surface area contributed by atoms with Crippen molar-refractivity contribution in [2.45, 2.75) is 26.2 Å². The highest BCUT2D eigenvalue weighted by Crippen LogP contribution is 2.26. The molecule has 2 aromatic carbocycles. The van der Waals surface area contributed by atoms with Gasteiger partial charge in [-0.25, -0.2) is 9.37 Å². The lowest BCUT2D eigenvalue weighted by Gasteiger charge is -2.10. The van der Waals surface area contributed by atoms with Crippen molar-refractivity contribution in [3.8, 4) is 11.4 Å². The molecule has 0 aliphatic carbocycles. The van der Waals surface area contributed by atoms with Crippen LogP contribution in [0.15, 0.2) is 48.5 Å². The van der Waals surface area contributed by atoms with Crippen LogP contribution in [0.4, 0.5) is 10.2 Å². The molecule has 0 radical (unpaired) electrons.